The average molecular weight is 451 g/mol. The molecule has 0 saturated carbocycles. The normalized spacial score (nSPS) is 20.5. The molecule has 1 fully saturated rings. The minimum absolute atomic E-state index is 0. The number of nitrogens with one attached hydrogen (secondary N) is 1. The molecule has 1 aromatic carbocycles. The largest absolute Gasteiger partial charge is 0.477 e. The number of piperazine rings is 1. The van der Waals surface area contributed by atoms with Gasteiger partial charge in [0.25, 0.3) is 0 Å². The molecule has 3 aromatic heterocycles. The minimum atomic E-state index is -1.31. The zero-order chi connectivity index (χ0) is 20.6. The van der Waals surface area contributed by atoms with E-state index in [9.17, 15) is 14.7 Å². The van der Waals surface area contributed by atoms with E-state index < -0.39 is 17.2 Å². The fourth-order valence-corrected chi connectivity index (χ4v) is 5.77. The van der Waals surface area contributed by atoms with Gasteiger partial charge < -0.3 is 15.3 Å². The lowest BCUT2D eigenvalue weighted by Gasteiger charge is -2.38. The molecule has 1 aliphatic heterocycles. The first-order valence-electron chi connectivity index (χ1n) is 9.37. The van der Waals surface area contributed by atoms with Crippen molar-refractivity contribution in [2.75, 3.05) is 25.0 Å². The number of anilines is 1. The summed E-state index contributed by atoms with van der Waals surface area (Å²) >= 11 is 1.19. The van der Waals surface area contributed by atoms with Crippen molar-refractivity contribution in [1.82, 2.24) is 9.72 Å². The van der Waals surface area contributed by atoms with Crippen molar-refractivity contribution in [3.63, 3.8) is 0 Å². The number of halogens is 2. The number of aromatic carboxylic acids is 1. The van der Waals surface area contributed by atoms with Gasteiger partial charge in [0.15, 0.2) is 0 Å². The number of thiazole rings is 1. The maximum Gasteiger partial charge on any atom is 0.342 e. The SMILES string of the molecule is CN=c1c2c(N3CC(C)NC(C)C3)c(F)cc3c(=O)c(C(=O)O)c4scc1n4c32.Cl. The Balaban J connectivity index is 0.00000218. The summed E-state index contributed by atoms with van der Waals surface area (Å²) in [4.78, 5) is 31.5. The molecule has 0 aliphatic carbocycles. The van der Waals surface area contributed by atoms with Crippen LogP contribution in [0.5, 0.6) is 0 Å². The summed E-state index contributed by atoms with van der Waals surface area (Å²) in [6.45, 7) is 5.34. The van der Waals surface area contributed by atoms with Crippen LogP contribution < -0.4 is 21.0 Å². The predicted molar refractivity (Wildman–Crippen MR) is 119 cm³/mol. The number of carboxylic acid groups (broad SMARTS) is 1. The summed E-state index contributed by atoms with van der Waals surface area (Å²) < 4.78 is 17.2. The van der Waals surface area contributed by atoms with Crippen LogP contribution in [0.15, 0.2) is 21.2 Å². The van der Waals surface area contributed by atoms with Gasteiger partial charge in [-0.2, -0.15) is 0 Å². The smallest absolute Gasteiger partial charge is 0.342 e. The number of carboxylic acids is 1. The number of benzene rings is 1. The standard InChI is InChI=1S/C20H19FN4O3S.ClH/c1-8-5-24(6-9(2)23-8)17-11(21)4-10-16-13(17)15(22-3)12-7-29-19(25(12)16)14(18(10)26)20(27)28;/h4,7-9,23H,5-6H2,1-3H3,(H,27,28);1H. The maximum atomic E-state index is 15.5. The third-order valence-corrected chi connectivity index (χ3v) is 6.60. The Morgan fingerprint density at radius 1 is 1.33 bits per heavy atom. The topological polar surface area (TPSA) is 86.4 Å². The lowest BCUT2D eigenvalue weighted by atomic mass is 10.0. The van der Waals surface area contributed by atoms with Crippen molar-refractivity contribution >= 4 is 62.0 Å². The molecule has 1 aliphatic rings. The van der Waals surface area contributed by atoms with Crippen molar-refractivity contribution in [3.05, 3.63) is 38.4 Å². The molecule has 0 radical (unpaired) electrons. The van der Waals surface area contributed by atoms with Crippen molar-refractivity contribution in [3.8, 4) is 0 Å². The van der Waals surface area contributed by atoms with E-state index >= 15 is 4.39 Å². The maximum absolute atomic E-state index is 15.5. The first-order valence-corrected chi connectivity index (χ1v) is 10.3. The zero-order valence-electron chi connectivity index (χ0n) is 16.5. The Labute approximate surface area is 180 Å². The molecule has 4 aromatic rings. The molecule has 0 amide bonds. The van der Waals surface area contributed by atoms with Crippen LogP contribution >= 0.6 is 23.7 Å². The van der Waals surface area contributed by atoms with Gasteiger partial charge in [0.1, 0.15) is 16.2 Å². The highest BCUT2D eigenvalue weighted by atomic mass is 35.5. The second-order valence-electron chi connectivity index (χ2n) is 7.69. The fraction of sp³-hybridized carbons (Fsp3) is 0.350. The van der Waals surface area contributed by atoms with Gasteiger partial charge in [0.2, 0.25) is 5.43 Å². The highest BCUT2D eigenvalue weighted by Gasteiger charge is 2.31. The Morgan fingerprint density at radius 2 is 2.00 bits per heavy atom. The fourth-order valence-electron chi connectivity index (χ4n) is 4.73. The monoisotopic (exact) mass is 450 g/mol. The van der Waals surface area contributed by atoms with E-state index in [1.54, 1.807) is 16.8 Å². The number of pyridine rings is 1. The van der Waals surface area contributed by atoms with Gasteiger partial charge in [-0.3, -0.25) is 14.2 Å². The number of nitrogens with zero attached hydrogens (tertiary/aromatic N) is 3. The third kappa shape index (κ3) is 2.62. The molecule has 0 spiro atoms. The summed E-state index contributed by atoms with van der Waals surface area (Å²) in [5.41, 5.74) is 0.677. The van der Waals surface area contributed by atoms with E-state index in [0.29, 0.717) is 45.4 Å². The molecule has 4 heterocycles. The van der Waals surface area contributed by atoms with Crippen LogP contribution in [-0.4, -0.2) is 47.7 Å². The quantitative estimate of drug-likeness (QED) is 0.490. The van der Waals surface area contributed by atoms with Crippen LogP contribution in [0, 0.1) is 5.82 Å². The molecular formula is C20H20ClFN4O3S. The molecule has 2 atom stereocenters. The number of rotatable bonds is 2. The molecule has 7 nitrogen and oxygen atoms in total. The van der Waals surface area contributed by atoms with E-state index in [4.69, 9.17) is 0 Å². The summed E-state index contributed by atoms with van der Waals surface area (Å²) in [5, 5.41) is 16.1. The van der Waals surface area contributed by atoms with Crippen LogP contribution in [-0.2, 0) is 0 Å². The molecule has 5 rings (SSSR count). The van der Waals surface area contributed by atoms with Crippen molar-refractivity contribution in [2.45, 2.75) is 25.9 Å². The van der Waals surface area contributed by atoms with Gasteiger partial charge in [-0.05, 0) is 19.9 Å². The minimum Gasteiger partial charge on any atom is -0.477 e. The predicted octanol–water partition coefficient (Wildman–Crippen LogP) is 2.52. The van der Waals surface area contributed by atoms with Crippen LogP contribution in [0.1, 0.15) is 24.2 Å². The first kappa shape index (κ1) is 20.8. The molecule has 158 valence electrons. The van der Waals surface area contributed by atoms with Crippen LogP contribution in [0.2, 0.25) is 0 Å². The highest BCUT2D eigenvalue weighted by Crippen LogP contribution is 2.36. The number of hydrogen-bond acceptors (Lipinski definition) is 6. The van der Waals surface area contributed by atoms with Gasteiger partial charge in [-0.1, -0.05) is 0 Å². The highest BCUT2D eigenvalue weighted by molar-refractivity contribution is 7.16. The molecule has 30 heavy (non-hydrogen) atoms. The Morgan fingerprint density at radius 3 is 2.60 bits per heavy atom. The second kappa shape index (κ2) is 7.04. The van der Waals surface area contributed by atoms with E-state index in [1.807, 2.05) is 18.7 Å². The summed E-state index contributed by atoms with van der Waals surface area (Å²) in [6, 6.07) is 1.54. The van der Waals surface area contributed by atoms with E-state index in [1.165, 1.54) is 17.4 Å². The van der Waals surface area contributed by atoms with Crippen LogP contribution in [0.3, 0.4) is 0 Å². The Bertz CT molecular complexity index is 1410. The summed E-state index contributed by atoms with van der Waals surface area (Å²) in [5.74, 6) is -1.84. The van der Waals surface area contributed by atoms with Gasteiger partial charge in [-0.15, -0.1) is 23.7 Å². The van der Waals surface area contributed by atoms with Crippen molar-refractivity contribution < 1.29 is 14.3 Å². The number of aromatic nitrogens is 1. The molecule has 10 heteroatoms. The Kier molecular flexibility index (Phi) is 4.87. The zero-order valence-corrected chi connectivity index (χ0v) is 18.2. The lowest BCUT2D eigenvalue weighted by molar-refractivity contribution is 0.0697. The van der Waals surface area contributed by atoms with Crippen molar-refractivity contribution in [2.24, 2.45) is 4.99 Å². The molecule has 2 unspecified atom stereocenters. The van der Waals surface area contributed by atoms with Gasteiger partial charge >= 0.3 is 5.97 Å². The van der Waals surface area contributed by atoms with Crippen LogP contribution in [0.25, 0.3) is 26.6 Å². The molecule has 2 N–H and O–H groups in total. The average Bonchev–Trinajstić information content (AvgIpc) is 3.18. The van der Waals surface area contributed by atoms with E-state index in [2.05, 4.69) is 10.3 Å². The first-order chi connectivity index (χ1) is 13.8. The van der Waals surface area contributed by atoms with Crippen LogP contribution in [0.4, 0.5) is 10.1 Å². The second-order valence-corrected chi connectivity index (χ2v) is 8.55. The number of hydrogen-bond donors (Lipinski definition) is 2. The molecule has 1 saturated heterocycles. The Hall–Kier alpha value is -2.49. The van der Waals surface area contributed by atoms with E-state index in [0.717, 1.165) is 0 Å². The summed E-state index contributed by atoms with van der Waals surface area (Å²) in [6.07, 6.45) is 0. The summed E-state index contributed by atoms with van der Waals surface area (Å²) in [7, 11) is 1.63. The molecule has 0 bridgehead atoms. The third-order valence-electron chi connectivity index (χ3n) is 5.65. The van der Waals surface area contributed by atoms with Crippen molar-refractivity contribution in [1.29, 1.82) is 0 Å². The van der Waals surface area contributed by atoms with Gasteiger partial charge in [0.05, 0.1) is 32.9 Å². The number of carbonyl (C=O) groups is 1. The molecular weight excluding hydrogens is 431 g/mol. The van der Waals surface area contributed by atoms with Gasteiger partial charge in [-0.25, -0.2) is 9.18 Å². The van der Waals surface area contributed by atoms with E-state index in [-0.39, 0.29) is 35.4 Å². The van der Waals surface area contributed by atoms with Gasteiger partial charge in [0, 0.05) is 37.6 Å². The lowest BCUT2D eigenvalue weighted by Crippen LogP contribution is -2.54.